The number of nitrogens with one attached hydrogen (secondary N) is 1. The van der Waals surface area contributed by atoms with Gasteiger partial charge in [-0.15, -0.1) is 0 Å². The zero-order valence-electron chi connectivity index (χ0n) is 20.9. The highest BCUT2D eigenvalue weighted by Gasteiger charge is 2.28. The van der Waals surface area contributed by atoms with Crippen LogP contribution in [0.2, 0.25) is 0 Å². The highest BCUT2D eigenvalue weighted by molar-refractivity contribution is 5.91. The van der Waals surface area contributed by atoms with E-state index in [0.29, 0.717) is 50.9 Å². The van der Waals surface area contributed by atoms with Gasteiger partial charge in [0.05, 0.1) is 25.8 Å². The molecule has 3 heterocycles. The molecule has 0 bridgehead atoms. The van der Waals surface area contributed by atoms with Gasteiger partial charge in [-0.05, 0) is 18.6 Å². The Morgan fingerprint density at radius 3 is 2.47 bits per heavy atom. The number of carbonyl (C=O) groups is 1. The minimum absolute atomic E-state index is 0.00521. The fourth-order valence-corrected chi connectivity index (χ4v) is 4.76. The molecule has 9 heteroatoms. The van der Waals surface area contributed by atoms with E-state index >= 15 is 0 Å². The Hall–Kier alpha value is -3.59. The molecular formula is C27H33N5O4. The maximum atomic E-state index is 12.8. The number of fused-ring (bicyclic) bond motifs is 1. The van der Waals surface area contributed by atoms with E-state index in [1.54, 1.807) is 13.4 Å². The maximum absolute atomic E-state index is 12.8. The van der Waals surface area contributed by atoms with Gasteiger partial charge in [-0.2, -0.15) is 0 Å². The quantitative estimate of drug-likeness (QED) is 0.555. The second kappa shape index (κ2) is 11.0. The van der Waals surface area contributed by atoms with Gasteiger partial charge in [0, 0.05) is 56.5 Å². The zero-order valence-corrected chi connectivity index (χ0v) is 20.9. The smallest absolute Gasteiger partial charge is 0.320 e. The van der Waals surface area contributed by atoms with Gasteiger partial charge >= 0.3 is 6.03 Å². The first kappa shape index (κ1) is 24.1. The lowest BCUT2D eigenvalue weighted by Crippen LogP contribution is -2.51. The number of anilines is 1. The van der Waals surface area contributed by atoms with E-state index < -0.39 is 0 Å². The van der Waals surface area contributed by atoms with Crippen LogP contribution in [0.1, 0.15) is 31.4 Å². The molecule has 2 aromatic carbocycles. The van der Waals surface area contributed by atoms with Crippen LogP contribution in [0.4, 0.5) is 10.6 Å². The Balaban J connectivity index is 1.29. The SMILES string of the molecule is COc1cc2ncnc(NC(C)c3ccccc3)c2cc1OC1CCN(C(=O)N2CCOCC2)CC1. The number of carbonyl (C=O) groups excluding carboxylic acids is 1. The number of methoxy groups -OCH3 is 1. The first-order valence-electron chi connectivity index (χ1n) is 12.5. The molecule has 190 valence electrons. The summed E-state index contributed by atoms with van der Waals surface area (Å²) in [6, 6.07) is 14.3. The summed E-state index contributed by atoms with van der Waals surface area (Å²) in [5, 5.41) is 4.39. The molecule has 1 aromatic heterocycles. The molecule has 2 amide bonds. The van der Waals surface area contributed by atoms with E-state index in [9.17, 15) is 4.79 Å². The van der Waals surface area contributed by atoms with E-state index in [1.165, 1.54) is 5.56 Å². The Labute approximate surface area is 211 Å². The van der Waals surface area contributed by atoms with Crippen molar-refractivity contribution >= 4 is 22.8 Å². The highest BCUT2D eigenvalue weighted by atomic mass is 16.5. The van der Waals surface area contributed by atoms with Crippen molar-refractivity contribution in [2.75, 3.05) is 51.8 Å². The summed E-state index contributed by atoms with van der Waals surface area (Å²) in [6.07, 6.45) is 3.08. The number of hydrogen-bond donors (Lipinski definition) is 1. The van der Waals surface area contributed by atoms with Crippen LogP contribution in [0.25, 0.3) is 10.9 Å². The summed E-state index contributed by atoms with van der Waals surface area (Å²) in [5.41, 5.74) is 1.95. The molecule has 3 aromatic rings. The van der Waals surface area contributed by atoms with Crippen molar-refractivity contribution in [1.82, 2.24) is 19.8 Å². The van der Waals surface area contributed by atoms with Crippen molar-refractivity contribution in [2.45, 2.75) is 31.9 Å². The molecule has 1 unspecified atom stereocenters. The number of ether oxygens (including phenoxy) is 3. The van der Waals surface area contributed by atoms with E-state index in [4.69, 9.17) is 14.2 Å². The predicted molar refractivity (Wildman–Crippen MR) is 138 cm³/mol. The lowest BCUT2D eigenvalue weighted by molar-refractivity contribution is 0.0359. The molecule has 2 aliphatic rings. The second-order valence-corrected chi connectivity index (χ2v) is 9.21. The molecule has 2 aliphatic heterocycles. The number of likely N-dealkylation sites (tertiary alicyclic amines) is 1. The molecule has 2 saturated heterocycles. The number of benzene rings is 2. The van der Waals surface area contributed by atoms with Crippen LogP contribution in [0.15, 0.2) is 48.8 Å². The van der Waals surface area contributed by atoms with E-state index in [2.05, 4.69) is 34.3 Å². The Morgan fingerprint density at radius 1 is 1.03 bits per heavy atom. The standard InChI is InChI=1S/C27H33N5O4/c1-19(20-6-4-3-5-7-20)30-26-22-16-25(24(34-2)17-23(22)28-18-29-26)36-21-8-10-31(11-9-21)27(33)32-12-14-35-15-13-32/h3-7,16-19,21H,8-15H2,1-2H3,(H,28,29,30). The lowest BCUT2D eigenvalue weighted by Gasteiger charge is -2.37. The number of aromatic nitrogens is 2. The normalized spacial score (nSPS) is 17.6. The van der Waals surface area contributed by atoms with Crippen LogP contribution in [0.5, 0.6) is 11.5 Å². The number of morpholine rings is 1. The van der Waals surface area contributed by atoms with Crippen molar-refractivity contribution in [3.05, 3.63) is 54.4 Å². The molecule has 0 spiro atoms. The summed E-state index contributed by atoms with van der Waals surface area (Å²) in [4.78, 5) is 25.6. The molecule has 9 nitrogen and oxygen atoms in total. The summed E-state index contributed by atoms with van der Waals surface area (Å²) in [6.45, 7) is 5.98. The van der Waals surface area contributed by atoms with Gasteiger partial charge in [0.25, 0.3) is 0 Å². The second-order valence-electron chi connectivity index (χ2n) is 9.21. The van der Waals surface area contributed by atoms with Gasteiger partial charge in [0.2, 0.25) is 0 Å². The monoisotopic (exact) mass is 491 g/mol. The van der Waals surface area contributed by atoms with Crippen LogP contribution < -0.4 is 14.8 Å². The van der Waals surface area contributed by atoms with E-state index in [-0.39, 0.29) is 18.2 Å². The molecule has 0 saturated carbocycles. The number of rotatable bonds is 6. The minimum Gasteiger partial charge on any atom is -0.493 e. The van der Waals surface area contributed by atoms with E-state index in [1.807, 2.05) is 40.1 Å². The average Bonchev–Trinajstić information content (AvgIpc) is 2.94. The molecular weight excluding hydrogens is 458 g/mol. The van der Waals surface area contributed by atoms with Gasteiger partial charge in [0.15, 0.2) is 11.5 Å². The molecule has 36 heavy (non-hydrogen) atoms. The first-order chi connectivity index (χ1) is 17.6. The average molecular weight is 492 g/mol. The van der Waals surface area contributed by atoms with Gasteiger partial charge < -0.3 is 29.3 Å². The fraction of sp³-hybridized carbons (Fsp3) is 0.444. The summed E-state index contributed by atoms with van der Waals surface area (Å²) < 4.78 is 17.4. The van der Waals surface area contributed by atoms with Gasteiger partial charge in [-0.1, -0.05) is 30.3 Å². The van der Waals surface area contributed by atoms with E-state index in [0.717, 1.165) is 29.6 Å². The molecule has 1 N–H and O–H groups in total. The van der Waals surface area contributed by atoms with Crippen molar-refractivity contribution in [1.29, 1.82) is 0 Å². The Kier molecular flexibility index (Phi) is 7.36. The summed E-state index contributed by atoms with van der Waals surface area (Å²) >= 11 is 0. The number of hydrogen-bond acceptors (Lipinski definition) is 7. The lowest BCUT2D eigenvalue weighted by atomic mass is 10.1. The van der Waals surface area contributed by atoms with Crippen molar-refractivity contribution < 1.29 is 19.0 Å². The molecule has 0 aliphatic carbocycles. The van der Waals surface area contributed by atoms with Gasteiger partial charge in [-0.25, -0.2) is 14.8 Å². The van der Waals surface area contributed by atoms with Crippen LogP contribution in [-0.4, -0.2) is 78.4 Å². The third-order valence-corrected chi connectivity index (χ3v) is 6.86. The molecule has 1 atom stereocenters. The largest absolute Gasteiger partial charge is 0.493 e. The van der Waals surface area contributed by atoms with Gasteiger partial charge in [-0.3, -0.25) is 0 Å². The predicted octanol–water partition coefficient (Wildman–Crippen LogP) is 4.11. The minimum atomic E-state index is -0.00521. The summed E-state index contributed by atoms with van der Waals surface area (Å²) in [7, 11) is 1.63. The van der Waals surface area contributed by atoms with Crippen LogP contribution in [0, 0.1) is 0 Å². The van der Waals surface area contributed by atoms with Crippen molar-refractivity contribution in [3.8, 4) is 11.5 Å². The van der Waals surface area contributed by atoms with Crippen molar-refractivity contribution in [2.24, 2.45) is 0 Å². The maximum Gasteiger partial charge on any atom is 0.320 e. The zero-order chi connectivity index (χ0) is 24.9. The highest BCUT2D eigenvalue weighted by Crippen LogP contribution is 2.36. The number of urea groups is 1. The first-order valence-corrected chi connectivity index (χ1v) is 12.5. The third kappa shape index (κ3) is 5.31. The Morgan fingerprint density at radius 2 is 1.75 bits per heavy atom. The number of amides is 2. The number of nitrogens with zero attached hydrogens (tertiary/aromatic N) is 4. The van der Waals surface area contributed by atoms with Crippen LogP contribution in [0.3, 0.4) is 0 Å². The molecule has 2 fully saturated rings. The third-order valence-electron chi connectivity index (χ3n) is 6.86. The fourth-order valence-electron chi connectivity index (χ4n) is 4.76. The molecule has 0 radical (unpaired) electrons. The summed E-state index contributed by atoms with van der Waals surface area (Å²) in [5.74, 6) is 2.04. The number of piperidine rings is 1. The Bertz CT molecular complexity index is 1180. The van der Waals surface area contributed by atoms with Crippen LogP contribution >= 0.6 is 0 Å². The van der Waals surface area contributed by atoms with Crippen molar-refractivity contribution in [3.63, 3.8) is 0 Å². The van der Waals surface area contributed by atoms with Gasteiger partial charge in [0.1, 0.15) is 18.2 Å². The molecule has 5 rings (SSSR count). The topological polar surface area (TPSA) is 89.1 Å². The van der Waals surface area contributed by atoms with Crippen LogP contribution in [-0.2, 0) is 4.74 Å².